The Balaban J connectivity index is 1.28. The molecule has 2 aromatic rings. The number of furan rings is 1. The van der Waals surface area contributed by atoms with E-state index < -0.39 is 0 Å². The molecule has 2 aromatic heterocycles. The van der Waals surface area contributed by atoms with E-state index in [4.69, 9.17) is 4.42 Å². The van der Waals surface area contributed by atoms with Crippen molar-refractivity contribution in [2.45, 2.75) is 50.6 Å². The van der Waals surface area contributed by atoms with Gasteiger partial charge in [0.25, 0.3) is 0 Å². The Morgan fingerprint density at radius 2 is 1.70 bits per heavy atom. The summed E-state index contributed by atoms with van der Waals surface area (Å²) in [5.41, 5.74) is 1.56. The molecule has 4 saturated carbocycles. The van der Waals surface area contributed by atoms with E-state index in [2.05, 4.69) is 15.3 Å². The molecule has 2 heterocycles. The summed E-state index contributed by atoms with van der Waals surface area (Å²) in [5, 5.41) is 3.89. The van der Waals surface area contributed by atoms with Crippen LogP contribution in [0, 0.1) is 17.8 Å². The maximum absolute atomic E-state index is 5.34. The van der Waals surface area contributed by atoms with Gasteiger partial charge in [-0.2, -0.15) is 0 Å². The van der Waals surface area contributed by atoms with Gasteiger partial charge in [0, 0.05) is 30.0 Å². The van der Waals surface area contributed by atoms with E-state index in [1.54, 1.807) is 6.26 Å². The fourth-order valence-electron chi connectivity index (χ4n) is 5.60. The summed E-state index contributed by atoms with van der Waals surface area (Å²) in [6, 6.07) is 3.75. The van der Waals surface area contributed by atoms with Crippen LogP contribution in [0.4, 0.5) is 0 Å². The molecule has 0 aliphatic heterocycles. The lowest BCUT2D eigenvalue weighted by Gasteiger charge is -2.57. The van der Waals surface area contributed by atoms with Crippen LogP contribution in [0.1, 0.15) is 44.1 Å². The molecule has 0 atom stereocenters. The molecule has 4 aliphatic carbocycles. The smallest absolute Gasteiger partial charge is 0.195 e. The molecule has 4 aliphatic rings. The Bertz CT molecular complexity index is 642. The van der Waals surface area contributed by atoms with E-state index in [0.29, 0.717) is 11.4 Å². The Labute approximate surface area is 136 Å². The molecule has 120 valence electrons. The van der Waals surface area contributed by atoms with Gasteiger partial charge in [-0.3, -0.25) is 0 Å². The minimum absolute atomic E-state index is 0.397. The molecule has 6 rings (SSSR count). The van der Waals surface area contributed by atoms with E-state index in [9.17, 15) is 0 Å². The molecular formula is C19H23N3O. The average molecular weight is 309 g/mol. The van der Waals surface area contributed by atoms with Crippen molar-refractivity contribution in [3.8, 4) is 11.6 Å². The third-order valence-corrected chi connectivity index (χ3v) is 6.15. The van der Waals surface area contributed by atoms with Crippen molar-refractivity contribution in [1.82, 2.24) is 15.3 Å². The van der Waals surface area contributed by atoms with Gasteiger partial charge in [-0.25, -0.2) is 9.97 Å². The van der Waals surface area contributed by atoms with Crippen LogP contribution < -0.4 is 5.32 Å². The summed E-state index contributed by atoms with van der Waals surface area (Å²) in [6.07, 6.45) is 14.1. The van der Waals surface area contributed by atoms with E-state index in [1.165, 1.54) is 38.5 Å². The molecule has 0 spiro atoms. The Morgan fingerprint density at radius 3 is 2.26 bits per heavy atom. The first-order chi connectivity index (χ1) is 11.3. The van der Waals surface area contributed by atoms with E-state index in [1.807, 2.05) is 24.5 Å². The fourth-order valence-corrected chi connectivity index (χ4v) is 5.60. The number of hydrogen-bond acceptors (Lipinski definition) is 4. The Morgan fingerprint density at radius 1 is 1.04 bits per heavy atom. The standard InChI is InChI=1S/C19H23N3O/c1-2-17(23-3-1)18-20-10-16(11-21-18)12-22-19-7-13-4-14(8-19)6-15(5-13)9-19/h1-3,10-11,13-15,22H,4-9,12H2. The fraction of sp³-hybridized carbons (Fsp3) is 0.579. The highest BCUT2D eigenvalue weighted by Crippen LogP contribution is 2.55. The lowest BCUT2D eigenvalue weighted by atomic mass is 9.53. The second-order valence-corrected chi connectivity index (χ2v) is 7.94. The second kappa shape index (κ2) is 5.17. The van der Waals surface area contributed by atoms with Gasteiger partial charge in [-0.15, -0.1) is 0 Å². The van der Waals surface area contributed by atoms with Crippen LogP contribution in [0.2, 0.25) is 0 Å². The second-order valence-electron chi connectivity index (χ2n) is 7.94. The third-order valence-electron chi connectivity index (χ3n) is 6.15. The van der Waals surface area contributed by atoms with Crippen molar-refractivity contribution < 1.29 is 4.42 Å². The van der Waals surface area contributed by atoms with Gasteiger partial charge in [0.05, 0.1) is 6.26 Å². The van der Waals surface area contributed by atoms with Gasteiger partial charge in [-0.1, -0.05) is 0 Å². The van der Waals surface area contributed by atoms with Crippen molar-refractivity contribution in [2.75, 3.05) is 0 Å². The summed E-state index contributed by atoms with van der Waals surface area (Å²) >= 11 is 0. The summed E-state index contributed by atoms with van der Waals surface area (Å²) in [6.45, 7) is 0.880. The SMILES string of the molecule is c1coc(-c2ncc(CNC34CC5CC(CC(C5)C3)C4)cn2)c1. The monoisotopic (exact) mass is 309 g/mol. The zero-order valence-electron chi connectivity index (χ0n) is 13.4. The Hall–Kier alpha value is -1.68. The van der Waals surface area contributed by atoms with Gasteiger partial charge in [0.1, 0.15) is 0 Å². The van der Waals surface area contributed by atoms with E-state index in [0.717, 1.165) is 35.6 Å². The topological polar surface area (TPSA) is 51.0 Å². The zero-order valence-corrected chi connectivity index (χ0v) is 13.4. The van der Waals surface area contributed by atoms with Crippen LogP contribution >= 0.6 is 0 Å². The molecule has 0 unspecified atom stereocenters. The quantitative estimate of drug-likeness (QED) is 0.933. The first kappa shape index (κ1) is 13.7. The van der Waals surface area contributed by atoms with Crippen LogP contribution in [0.25, 0.3) is 11.6 Å². The van der Waals surface area contributed by atoms with Gasteiger partial charge in [0.2, 0.25) is 0 Å². The third kappa shape index (κ3) is 2.49. The lowest BCUT2D eigenvalue weighted by molar-refractivity contribution is -0.0206. The molecule has 4 fully saturated rings. The molecule has 0 radical (unpaired) electrons. The highest BCUT2D eigenvalue weighted by molar-refractivity contribution is 5.45. The minimum Gasteiger partial charge on any atom is -0.461 e. The number of nitrogens with zero attached hydrogens (tertiary/aromatic N) is 2. The summed E-state index contributed by atoms with van der Waals surface area (Å²) in [7, 11) is 0. The molecule has 0 amide bonds. The minimum atomic E-state index is 0.397. The van der Waals surface area contributed by atoms with Gasteiger partial charge >= 0.3 is 0 Å². The van der Waals surface area contributed by atoms with Crippen LogP contribution in [0.15, 0.2) is 35.2 Å². The summed E-state index contributed by atoms with van der Waals surface area (Å²) in [4.78, 5) is 8.88. The molecular weight excluding hydrogens is 286 g/mol. The molecule has 0 aromatic carbocycles. The van der Waals surface area contributed by atoms with Crippen LogP contribution in [-0.2, 0) is 6.54 Å². The van der Waals surface area contributed by atoms with Crippen molar-refractivity contribution >= 4 is 0 Å². The Kier molecular flexibility index (Phi) is 3.08. The maximum atomic E-state index is 5.34. The van der Waals surface area contributed by atoms with Gasteiger partial charge in [-0.05, 0) is 68.4 Å². The average Bonchev–Trinajstić information content (AvgIpc) is 3.07. The molecule has 1 N–H and O–H groups in total. The van der Waals surface area contributed by atoms with Crippen molar-refractivity contribution in [1.29, 1.82) is 0 Å². The first-order valence-electron chi connectivity index (χ1n) is 8.88. The molecule has 0 saturated heterocycles. The number of nitrogens with one attached hydrogen (secondary N) is 1. The normalized spacial score (nSPS) is 34.9. The van der Waals surface area contributed by atoms with E-state index >= 15 is 0 Å². The molecule has 23 heavy (non-hydrogen) atoms. The maximum Gasteiger partial charge on any atom is 0.195 e. The predicted molar refractivity (Wildman–Crippen MR) is 87.5 cm³/mol. The zero-order chi connectivity index (χ0) is 15.3. The van der Waals surface area contributed by atoms with Crippen molar-refractivity contribution in [2.24, 2.45) is 17.8 Å². The van der Waals surface area contributed by atoms with Crippen LogP contribution in [0.3, 0.4) is 0 Å². The number of aromatic nitrogens is 2. The lowest BCUT2D eigenvalue weighted by Crippen LogP contribution is -2.58. The summed E-state index contributed by atoms with van der Waals surface area (Å²) in [5.74, 6) is 4.32. The van der Waals surface area contributed by atoms with E-state index in [-0.39, 0.29) is 0 Å². The highest BCUT2D eigenvalue weighted by Gasteiger charge is 2.50. The predicted octanol–water partition coefficient (Wildman–Crippen LogP) is 3.80. The highest BCUT2D eigenvalue weighted by atomic mass is 16.3. The molecule has 4 bridgehead atoms. The largest absolute Gasteiger partial charge is 0.461 e. The van der Waals surface area contributed by atoms with Crippen LogP contribution in [0.5, 0.6) is 0 Å². The van der Waals surface area contributed by atoms with Gasteiger partial charge < -0.3 is 9.73 Å². The van der Waals surface area contributed by atoms with Gasteiger partial charge in [0.15, 0.2) is 11.6 Å². The number of hydrogen-bond donors (Lipinski definition) is 1. The first-order valence-corrected chi connectivity index (χ1v) is 8.88. The summed E-state index contributed by atoms with van der Waals surface area (Å²) < 4.78 is 5.34. The van der Waals surface area contributed by atoms with Crippen molar-refractivity contribution in [3.63, 3.8) is 0 Å². The number of rotatable bonds is 4. The molecule has 4 heteroatoms. The van der Waals surface area contributed by atoms with Crippen LogP contribution in [-0.4, -0.2) is 15.5 Å². The van der Waals surface area contributed by atoms with Crippen molar-refractivity contribution in [3.05, 3.63) is 36.4 Å². The molecule has 4 nitrogen and oxygen atoms in total.